The van der Waals surface area contributed by atoms with E-state index in [0.29, 0.717) is 11.3 Å². The summed E-state index contributed by atoms with van der Waals surface area (Å²) in [5.74, 6) is -1.44. The Morgan fingerprint density at radius 3 is 1.92 bits per heavy atom. The third kappa shape index (κ3) is 5.50. The number of carbonyl (C=O) groups excluding carboxylic acids is 2. The first kappa shape index (κ1) is 24.0. The fraction of sp³-hybridized carbons (Fsp3) is 0.0769. The predicted molar refractivity (Wildman–Crippen MR) is 135 cm³/mol. The Kier molecular flexibility index (Phi) is 7.25. The number of ketones is 1. The smallest absolute Gasteiger partial charge is 0.334 e. The highest BCUT2D eigenvalue weighted by Crippen LogP contribution is 2.31. The molecular weight excluding hydrogens is 460 g/mol. The minimum absolute atomic E-state index is 0.0787. The fourth-order valence-electron chi connectivity index (χ4n) is 3.64. The van der Waals surface area contributed by atoms with Gasteiger partial charge in [0.1, 0.15) is 6.33 Å². The maximum absolute atomic E-state index is 13.2. The van der Waals surface area contributed by atoms with E-state index in [1.165, 1.54) is 6.92 Å². The number of amides is 1. The molecule has 0 saturated carbocycles. The van der Waals surface area contributed by atoms with E-state index in [0.717, 1.165) is 17.5 Å². The number of benzene rings is 3. The van der Waals surface area contributed by atoms with E-state index in [2.05, 4.69) is 26.1 Å². The number of hydrogen-bond acceptors (Lipinski definition) is 8. The van der Waals surface area contributed by atoms with E-state index in [9.17, 15) is 19.7 Å². The lowest BCUT2D eigenvalue weighted by molar-refractivity contribution is -0.383. The van der Waals surface area contributed by atoms with Gasteiger partial charge in [-0.2, -0.15) is 0 Å². The molecule has 0 spiro atoms. The topological polar surface area (TPSA) is 139 Å². The van der Waals surface area contributed by atoms with Crippen molar-refractivity contribution in [2.45, 2.75) is 12.8 Å². The average Bonchev–Trinajstić information content (AvgIpc) is 2.89. The van der Waals surface area contributed by atoms with Gasteiger partial charge in [0.15, 0.2) is 5.78 Å². The highest BCUT2D eigenvalue weighted by Gasteiger charge is 2.26. The van der Waals surface area contributed by atoms with Gasteiger partial charge in [0, 0.05) is 11.3 Å². The molecule has 0 radical (unpaired) electrons. The van der Waals surface area contributed by atoms with Crippen LogP contribution < -0.4 is 16.2 Å². The second-order valence-electron chi connectivity index (χ2n) is 7.80. The van der Waals surface area contributed by atoms with Gasteiger partial charge in [0.25, 0.3) is 0 Å². The molecule has 0 fully saturated rings. The minimum Gasteiger partial charge on any atom is -0.334 e. The number of aromatic nitrogens is 2. The van der Waals surface area contributed by atoms with E-state index in [1.807, 2.05) is 60.7 Å². The summed E-state index contributed by atoms with van der Waals surface area (Å²) >= 11 is 0. The van der Waals surface area contributed by atoms with Gasteiger partial charge in [-0.15, -0.1) is 0 Å². The summed E-state index contributed by atoms with van der Waals surface area (Å²) in [5.41, 5.74) is 7.21. The van der Waals surface area contributed by atoms with Crippen LogP contribution in [0.3, 0.4) is 0 Å². The van der Waals surface area contributed by atoms with Crippen LogP contribution in [0.2, 0.25) is 0 Å². The van der Waals surface area contributed by atoms with Crippen molar-refractivity contribution in [2.24, 2.45) is 0 Å². The number of hydrazine groups is 1. The Morgan fingerprint density at radius 2 is 1.39 bits per heavy atom. The lowest BCUT2D eigenvalue weighted by atomic mass is 9.91. The molecule has 36 heavy (non-hydrogen) atoms. The molecular formula is C26H22N6O4. The molecule has 3 N–H and O–H groups in total. The molecule has 0 aliphatic heterocycles. The lowest BCUT2D eigenvalue weighted by Crippen LogP contribution is -2.35. The third-order valence-corrected chi connectivity index (χ3v) is 5.39. The Balaban J connectivity index is 1.57. The summed E-state index contributed by atoms with van der Waals surface area (Å²) in [5, 5.41) is 14.8. The predicted octanol–water partition coefficient (Wildman–Crippen LogP) is 4.61. The molecule has 0 saturated heterocycles. The van der Waals surface area contributed by atoms with Gasteiger partial charge >= 0.3 is 5.69 Å². The number of Topliss-reactive ketones (excluding diaryl/α,β-unsaturated/α-hetero) is 1. The Bertz CT molecular complexity index is 1340. The van der Waals surface area contributed by atoms with Crippen molar-refractivity contribution in [2.75, 3.05) is 10.7 Å². The van der Waals surface area contributed by atoms with E-state index in [1.54, 1.807) is 24.3 Å². The van der Waals surface area contributed by atoms with Gasteiger partial charge in [-0.25, -0.2) is 9.97 Å². The van der Waals surface area contributed by atoms with Crippen LogP contribution in [0.15, 0.2) is 91.3 Å². The molecule has 180 valence electrons. The molecule has 3 aromatic carbocycles. The van der Waals surface area contributed by atoms with Gasteiger partial charge in [0.2, 0.25) is 17.5 Å². The number of hydrogen-bond donors (Lipinski definition) is 3. The zero-order valence-corrected chi connectivity index (χ0v) is 19.2. The zero-order chi connectivity index (χ0) is 25.5. The van der Waals surface area contributed by atoms with Crippen molar-refractivity contribution in [1.82, 2.24) is 15.4 Å². The van der Waals surface area contributed by atoms with Crippen molar-refractivity contribution in [3.63, 3.8) is 0 Å². The Morgan fingerprint density at radius 1 is 0.833 bits per heavy atom. The Labute approximate surface area is 206 Å². The summed E-state index contributed by atoms with van der Waals surface area (Å²) in [4.78, 5) is 43.9. The Hall–Kier alpha value is -5.12. The number of rotatable bonds is 9. The van der Waals surface area contributed by atoms with Crippen molar-refractivity contribution in [1.29, 1.82) is 0 Å². The highest BCUT2D eigenvalue weighted by molar-refractivity contribution is 5.94. The fourth-order valence-corrected chi connectivity index (χ4v) is 3.64. The summed E-state index contributed by atoms with van der Waals surface area (Å²) in [6.45, 7) is 1.45. The molecule has 0 aliphatic rings. The molecule has 1 heterocycles. The van der Waals surface area contributed by atoms with Crippen molar-refractivity contribution in [3.05, 3.63) is 118 Å². The molecule has 1 aromatic heterocycles. The van der Waals surface area contributed by atoms with Crippen LogP contribution in [0.1, 0.15) is 34.3 Å². The molecule has 0 aliphatic carbocycles. The maximum atomic E-state index is 13.2. The molecule has 4 rings (SSSR count). The zero-order valence-electron chi connectivity index (χ0n) is 19.2. The molecule has 4 aromatic rings. The van der Waals surface area contributed by atoms with E-state index in [4.69, 9.17) is 0 Å². The first-order valence-corrected chi connectivity index (χ1v) is 11.0. The van der Waals surface area contributed by atoms with Crippen molar-refractivity contribution in [3.8, 4) is 0 Å². The minimum atomic E-state index is -0.654. The SMILES string of the molecule is CC(=O)c1ccc(Nc2ncnc(NNC(=O)C(c3ccccc3)c3ccccc3)c2[N+](=O)[O-])cc1. The van der Waals surface area contributed by atoms with Crippen LogP contribution in [0, 0.1) is 10.1 Å². The number of nitrogens with zero attached hydrogens (tertiary/aromatic N) is 3. The molecule has 0 unspecified atom stereocenters. The monoisotopic (exact) mass is 482 g/mol. The summed E-state index contributed by atoms with van der Waals surface area (Å²) in [7, 11) is 0. The standard InChI is InChI=1S/C26H22N6O4/c1-17(33)18-12-14-21(15-13-18)29-24-23(32(35)36)25(28-16-27-24)30-31-26(34)22(19-8-4-2-5-9-19)20-10-6-3-7-11-20/h2-16,22H,1H3,(H,31,34)(H2,27,28,29,30). The number of anilines is 3. The van der Waals surface area contributed by atoms with Crippen LogP contribution in [0.4, 0.5) is 23.0 Å². The summed E-state index contributed by atoms with van der Waals surface area (Å²) < 4.78 is 0. The molecule has 10 nitrogen and oxygen atoms in total. The summed E-state index contributed by atoms with van der Waals surface area (Å²) in [6, 6.07) is 24.8. The van der Waals surface area contributed by atoms with Crippen LogP contribution in [0.5, 0.6) is 0 Å². The van der Waals surface area contributed by atoms with Crippen LogP contribution in [-0.2, 0) is 4.79 Å². The van der Waals surface area contributed by atoms with E-state index >= 15 is 0 Å². The van der Waals surface area contributed by atoms with Gasteiger partial charge < -0.3 is 5.32 Å². The molecule has 1 amide bonds. The van der Waals surface area contributed by atoms with Crippen molar-refractivity contribution < 1.29 is 14.5 Å². The number of nitrogens with one attached hydrogen (secondary N) is 3. The largest absolute Gasteiger partial charge is 0.355 e. The lowest BCUT2D eigenvalue weighted by Gasteiger charge is -2.18. The van der Waals surface area contributed by atoms with Gasteiger partial charge in [-0.1, -0.05) is 60.7 Å². The van der Waals surface area contributed by atoms with E-state index < -0.39 is 22.4 Å². The molecule has 0 bridgehead atoms. The first-order valence-electron chi connectivity index (χ1n) is 11.0. The number of nitro groups is 1. The molecule has 0 atom stereocenters. The van der Waals surface area contributed by atoms with Gasteiger partial charge in [-0.05, 0) is 42.3 Å². The second-order valence-corrected chi connectivity index (χ2v) is 7.80. The van der Waals surface area contributed by atoms with Crippen molar-refractivity contribution >= 4 is 34.7 Å². The summed E-state index contributed by atoms with van der Waals surface area (Å²) in [6.07, 6.45) is 1.14. The van der Waals surface area contributed by atoms with Crippen LogP contribution in [-0.4, -0.2) is 26.6 Å². The number of carbonyl (C=O) groups is 2. The quantitative estimate of drug-likeness (QED) is 0.179. The van der Waals surface area contributed by atoms with Gasteiger partial charge in [0.05, 0.1) is 10.8 Å². The molecule has 10 heteroatoms. The second kappa shape index (κ2) is 10.9. The van der Waals surface area contributed by atoms with E-state index in [-0.39, 0.29) is 17.4 Å². The third-order valence-electron chi connectivity index (χ3n) is 5.39. The maximum Gasteiger partial charge on any atom is 0.355 e. The normalized spacial score (nSPS) is 10.5. The van der Waals surface area contributed by atoms with Gasteiger partial charge in [-0.3, -0.25) is 30.6 Å². The van der Waals surface area contributed by atoms with Crippen LogP contribution >= 0.6 is 0 Å². The average molecular weight is 483 g/mol. The van der Waals surface area contributed by atoms with Crippen LogP contribution in [0.25, 0.3) is 0 Å². The highest BCUT2D eigenvalue weighted by atomic mass is 16.6. The first-order chi connectivity index (χ1) is 17.4.